The van der Waals surface area contributed by atoms with Crippen LogP contribution in [0.4, 0.5) is 11.6 Å². The van der Waals surface area contributed by atoms with Crippen LogP contribution in [0.15, 0.2) is 72.8 Å². The summed E-state index contributed by atoms with van der Waals surface area (Å²) in [5, 5.41) is 29.9. The maximum absolute atomic E-state index is 12.7. The Labute approximate surface area is 210 Å². The second-order valence-corrected chi connectivity index (χ2v) is 8.92. The van der Waals surface area contributed by atoms with Gasteiger partial charge >= 0.3 is 5.69 Å². The second-order valence-electron chi connectivity index (χ2n) is 8.00. The monoisotopic (exact) mass is 553 g/mol. The summed E-state index contributed by atoms with van der Waals surface area (Å²) in [5.74, 6) is 0.336. The van der Waals surface area contributed by atoms with Crippen molar-refractivity contribution in [1.29, 1.82) is 0 Å². The molecule has 3 aromatic heterocycles. The second kappa shape index (κ2) is 9.43. The normalized spacial score (nSPS) is 12.6. The van der Waals surface area contributed by atoms with E-state index in [0.717, 1.165) is 4.47 Å². The largest absolute Gasteiger partial charge is 0.493 e. The summed E-state index contributed by atoms with van der Waals surface area (Å²) in [6.07, 6.45) is -1.06. The van der Waals surface area contributed by atoms with Crippen molar-refractivity contribution in [3.63, 3.8) is 0 Å². The minimum Gasteiger partial charge on any atom is -0.493 e. The van der Waals surface area contributed by atoms with Crippen LogP contribution in [0.3, 0.4) is 0 Å². The predicted molar refractivity (Wildman–Crippen MR) is 135 cm³/mol. The van der Waals surface area contributed by atoms with Gasteiger partial charge in [0, 0.05) is 16.9 Å². The molecule has 5 aromatic rings. The number of ether oxygens (including phenoxy) is 1. The number of para-hydroxylation sites is 1. The van der Waals surface area contributed by atoms with Crippen molar-refractivity contribution in [3.8, 4) is 11.6 Å². The van der Waals surface area contributed by atoms with Crippen LogP contribution >= 0.6 is 15.9 Å². The van der Waals surface area contributed by atoms with Crippen molar-refractivity contribution >= 4 is 49.6 Å². The molecule has 0 amide bonds. The molecule has 0 spiro atoms. The molecule has 0 aliphatic carbocycles. The quantitative estimate of drug-likeness (QED) is 0.226. The molecule has 5 rings (SSSR count). The molecule has 1 atom stereocenters. The van der Waals surface area contributed by atoms with Gasteiger partial charge in [0.05, 0.1) is 12.1 Å². The Bertz CT molecular complexity index is 1720. The number of hydrogen-bond donors (Lipinski definition) is 4. The number of fused-ring (bicyclic) bond motifs is 2. The lowest BCUT2D eigenvalue weighted by molar-refractivity contribution is 0.0937. The molecule has 0 aliphatic heterocycles. The molecule has 4 N–H and O–H groups in total. The summed E-state index contributed by atoms with van der Waals surface area (Å²) in [6.45, 7) is -0.201. The smallest absolute Gasteiger partial charge is 0.329 e. The van der Waals surface area contributed by atoms with Crippen LogP contribution in [-0.2, 0) is 13.6 Å². The number of hydrogen-bond acceptors (Lipinski definition) is 8. The average Bonchev–Trinajstić information content (AvgIpc) is 3.38. The van der Waals surface area contributed by atoms with Gasteiger partial charge in [-0.05, 0) is 30.3 Å². The van der Waals surface area contributed by atoms with E-state index in [2.05, 4.69) is 41.1 Å². The van der Waals surface area contributed by atoms with Crippen LogP contribution in [0.25, 0.3) is 22.1 Å². The van der Waals surface area contributed by atoms with Gasteiger partial charge in [-0.25, -0.2) is 4.79 Å². The summed E-state index contributed by atoms with van der Waals surface area (Å²) >= 11 is 3.35. The highest BCUT2D eigenvalue weighted by Gasteiger charge is 2.20. The van der Waals surface area contributed by atoms with E-state index in [1.54, 1.807) is 30.3 Å². The van der Waals surface area contributed by atoms with E-state index < -0.39 is 17.4 Å². The lowest BCUT2D eigenvalue weighted by atomic mass is 10.2. The van der Waals surface area contributed by atoms with Gasteiger partial charge in [0.1, 0.15) is 18.5 Å². The third kappa shape index (κ3) is 4.41. The van der Waals surface area contributed by atoms with Crippen molar-refractivity contribution in [3.05, 3.63) is 73.8 Å². The van der Waals surface area contributed by atoms with E-state index in [0.29, 0.717) is 16.7 Å². The molecule has 2 aromatic carbocycles. The van der Waals surface area contributed by atoms with Crippen LogP contribution in [0.5, 0.6) is 11.6 Å². The number of aliphatic hydroxyl groups excluding tert-OH is 1. The number of imidazole rings is 1. The topological polar surface area (TPSA) is 163 Å². The molecule has 0 saturated heterocycles. The number of rotatable bonds is 7. The first-order valence-electron chi connectivity index (χ1n) is 10.8. The number of nitrogens with one attached hydrogen (secondary N) is 2. The fourth-order valence-electron chi connectivity index (χ4n) is 3.77. The van der Waals surface area contributed by atoms with Crippen molar-refractivity contribution in [2.45, 2.75) is 12.6 Å². The van der Waals surface area contributed by atoms with E-state index in [1.165, 1.54) is 16.2 Å². The Morgan fingerprint density at radius 2 is 1.86 bits per heavy atom. The zero-order chi connectivity index (χ0) is 25.4. The summed E-state index contributed by atoms with van der Waals surface area (Å²) in [6, 6.07) is 14.3. The van der Waals surface area contributed by atoms with Crippen molar-refractivity contribution in [2.75, 3.05) is 6.61 Å². The van der Waals surface area contributed by atoms with Crippen LogP contribution in [0, 0.1) is 0 Å². The SMILES string of the molecule is Cn1c(=O)[nH]c(=O)c2c1nc(N=Nc1c(O)[nH]c3ccccc13)n2C[C@H](O)COc1ccc(Br)cc1. The number of halogens is 1. The standard InChI is InChI=1S/C23H20BrN7O5/c1-30-19-18(21(34)27-23(30)35)31(10-13(32)11-36-14-8-6-12(24)7-9-14)22(26-19)29-28-17-15-4-2-3-5-16(15)25-20(17)33/h2-9,13,25,32-33H,10-11H2,1H3,(H,27,34,35)/t13-/m0/s1. The number of aliphatic hydroxyl groups is 1. The average molecular weight is 554 g/mol. The fraction of sp³-hybridized carbons (Fsp3) is 0.174. The molecule has 0 radical (unpaired) electrons. The number of aromatic amines is 2. The zero-order valence-corrected chi connectivity index (χ0v) is 20.4. The summed E-state index contributed by atoms with van der Waals surface area (Å²) in [5.41, 5.74) is -0.367. The lowest BCUT2D eigenvalue weighted by Gasteiger charge is -2.14. The first kappa shape index (κ1) is 23.5. The molecule has 0 fully saturated rings. The summed E-state index contributed by atoms with van der Waals surface area (Å²) in [4.78, 5) is 34.2. The number of azo groups is 1. The molecule has 3 heterocycles. The zero-order valence-electron chi connectivity index (χ0n) is 18.8. The molecule has 0 unspecified atom stereocenters. The first-order valence-corrected chi connectivity index (χ1v) is 11.6. The van der Waals surface area contributed by atoms with E-state index >= 15 is 0 Å². The Morgan fingerprint density at radius 1 is 1.11 bits per heavy atom. The first-order chi connectivity index (χ1) is 17.3. The number of aromatic hydroxyl groups is 1. The maximum Gasteiger partial charge on any atom is 0.329 e. The van der Waals surface area contributed by atoms with Crippen molar-refractivity contribution in [1.82, 2.24) is 24.1 Å². The van der Waals surface area contributed by atoms with Gasteiger partial charge in [-0.1, -0.05) is 34.1 Å². The summed E-state index contributed by atoms with van der Waals surface area (Å²) < 4.78 is 9.06. The van der Waals surface area contributed by atoms with Gasteiger partial charge in [0.2, 0.25) is 5.88 Å². The highest BCUT2D eigenvalue weighted by atomic mass is 79.9. The Kier molecular flexibility index (Phi) is 6.16. The predicted octanol–water partition coefficient (Wildman–Crippen LogP) is 3.23. The third-order valence-electron chi connectivity index (χ3n) is 5.54. The van der Waals surface area contributed by atoms with Crippen LogP contribution in [0.1, 0.15) is 0 Å². The number of H-pyrrole nitrogens is 2. The van der Waals surface area contributed by atoms with E-state index in [1.807, 2.05) is 18.2 Å². The Morgan fingerprint density at radius 3 is 2.64 bits per heavy atom. The van der Waals surface area contributed by atoms with Crippen LogP contribution < -0.4 is 16.0 Å². The van der Waals surface area contributed by atoms with Gasteiger partial charge in [-0.15, -0.1) is 10.2 Å². The minimum atomic E-state index is -1.06. The van der Waals surface area contributed by atoms with E-state index in [9.17, 15) is 19.8 Å². The van der Waals surface area contributed by atoms with Gasteiger partial charge in [0.25, 0.3) is 11.5 Å². The molecule has 0 bridgehead atoms. The minimum absolute atomic E-state index is 0.0379. The molecule has 0 aliphatic rings. The highest BCUT2D eigenvalue weighted by molar-refractivity contribution is 9.10. The third-order valence-corrected chi connectivity index (χ3v) is 6.06. The molecule has 12 nitrogen and oxygen atoms in total. The number of aryl methyl sites for hydroxylation is 1. The molecular formula is C23H20BrN7O5. The van der Waals surface area contributed by atoms with Gasteiger partial charge in [0.15, 0.2) is 16.9 Å². The summed E-state index contributed by atoms with van der Waals surface area (Å²) in [7, 11) is 1.46. The van der Waals surface area contributed by atoms with Crippen LogP contribution in [-0.4, -0.2) is 47.0 Å². The Balaban J connectivity index is 1.52. The van der Waals surface area contributed by atoms with E-state index in [-0.39, 0.29) is 41.8 Å². The van der Waals surface area contributed by atoms with Gasteiger partial charge in [-0.2, -0.15) is 4.98 Å². The molecule has 184 valence electrons. The molecule has 0 saturated carbocycles. The Hall–Kier alpha value is -4.23. The fourth-order valence-corrected chi connectivity index (χ4v) is 4.03. The maximum atomic E-state index is 12.7. The van der Waals surface area contributed by atoms with Gasteiger partial charge < -0.3 is 19.9 Å². The molecule has 13 heteroatoms. The van der Waals surface area contributed by atoms with E-state index in [4.69, 9.17) is 4.74 Å². The molecular weight excluding hydrogens is 534 g/mol. The number of nitrogens with zero attached hydrogens (tertiary/aromatic N) is 5. The van der Waals surface area contributed by atoms with Crippen molar-refractivity contribution < 1.29 is 14.9 Å². The number of aromatic nitrogens is 5. The highest BCUT2D eigenvalue weighted by Crippen LogP contribution is 2.36. The molecule has 36 heavy (non-hydrogen) atoms. The van der Waals surface area contributed by atoms with Gasteiger partial charge in [-0.3, -0.25) is 18.9 Å². The van der Waals surface area contributed by atoms with Crippen LogP contribution in [0.2, 0.25) is 0 Å². The number of benzene rings is 2. The lowest BCUT2D eigenvalue weighted by Crippen LogP contribution is -2.30. The van der Waals surface area contributed by atoms with Crippen molar-refractivity contribution in [2.24, 2.45) is 17.3 Å².